The fourth-order valence-corrected chi connectivity index (χ4v) is 4.77. The van der Waals surface area contributed by atoms with Gasteiger partial charge in [0, 0.05) is 12.1 Å². The van der Waals surface area contributed by atoms with Gasteiger partial charge in [0.05, 0.1) is 21.9 Å². The molecule has 2 unspecified atom stereocenters. The summed E-state index contributed by atoms with van der Waals surface area (Å²) in [6.45, 7) is 0. The van der Waals surface area contributed by atoms with Crippen LogP contribution in [0.4, 0.5) is 16.2 Å². The van der Waals surface area contributed by atoms with E-state index in [4.69, 9.17) is 35.4 Å². The Morgan fingerprint density at radius 3 is 1.57 bits per heavy atom. The van der Waals surface area contributed by atoms with Crippen molar-refractivity contribution >= 4 is 69.8 Å². The van der Waals surface area contributed by atoms with Crippen molar-refractivity contribution < 1.29 is 24.2 Å². The number of nitrogens with zero attached hydrogens (tertiary/aromatic N) is 2. The molecule has 0 radical (unpaired) electrons. The molecule has 2 saturated heterocycles. The number of hydrogen-bond acceptors (Lipinski definition) is 8. The van der Waals surface area contributed by atoms with Crippen molar-refractivity contribution in [2.45, 2.75) is 12.1 Å². The van der Waals surface area contributed by atoms with Crippen LogP contribution in [-0.4, -0.2) is 32.8 Å². The van der Waals surface area contributed by atoms with Gasteiger partial charge in [-0.1, -0.05) is 35.3 Å². The lowest BCUT2D eigenvalue weighted by molar-refractivity contribution is -0.384. The van der Waals surface area contributed by atoms with Gasteiger partial charge in [-0.2, -0.15) is 0 Å². The van der Waals surface area contributed by atoms with E-state index in [2.05, 4.69) is 10.6 Å². The van der Waals surface area contributed by atoms with Gasteiger partial charge in [-0.25, -0.2) is 4.79 Å². The predicted octanol–water partition coefficient (Wildman–Crippen LogP) is 2.42. The molecule has 16 heteroatoms. The topological polar surface area (TPSA) is 186 Å². The van der Waals surface area contributed by atoms with Crippen LogP contribution in [0.15, 0.2) is 36.4 Å². The molecule has 2 aliphatic rings. The smallest absolute Gasteiger partial charge is 0.328 e. The zero-order valence-electron chi connectivity index (χ0n) is 17.0. The number of benzene rings is 2. The molecule has 13 nitrogen and oxygen atoms in total. The molecule has 0 saturated carbocycles. The second-order valence-electron chi connectivity index (χ2n) is 7.53. The Labute approximate surface area is 210 Å². The van der Waals surface area contributed by atoms with E-state index in [-0.39, 0.29) is 26.3 Å². The summed E-state index contributed by atoms with van der Waals surface area (Å²) in [5, 5.41) is 32.1. The quantitative estimate of drug-likeness (QED) is 0.195. The number of urea groups is 1. The minimum absolute atomic E-state index is 0.0677. The molecule has 2 aromatic rings. The highest BCUT2D eigenvalue weighted by molar-refractivity contribution is 7.80. The summed E-state index contributed by atoms with van der Waals surface area (Å²) < 4.78 is 0. The first kappa shape index (κ1) is 24.3. The third-order valence-corrected chi connectivity index (χ3v) is 6.54. The van der Waals surface area contributed by atoms with Crippen LogP contribution >= 0.6 is 35.4 Å². The average molecular weight is 539 g/mol. The van der Waals surface area contributed by atoms with E-state index >= 15 is 0 Å². The standard InChI is InChI=1S/C19H12Cl2N6O7S/c20-9-3-1-7(5-11(9)26(31)32)13-19(15(28)24-17(30)25-16(19)29)14(23-18(35)22-13)8-2-4-10(21)12(6-8)27(33)34/h1-6,13-14H,(H2,22,23,35)(H2,24,25,28,29,30). The lowest BCUT2D eigenvalue weighted by atomic mass is 9.65. The van der Waals surface area contributed by atoms with Crippen molar-refractivity contribution in [3.8, 4) is 0 Å². The molecule has 2 heterocycles. The molecule has 180 valence electrons. The van der Waals surface area contributed by atoms with Crippen LogP contribution in [0.25, 0.3) is 0 Å². The second kappa shape index (κ2) is 8.72. The molecule has 4 rings (SSSR count). The lowest BCUT2D eigenvalue weighted by Crippen LogP contribution is -2.73. The third kappa shape index (κ3) is 3.90. The van der Waals surface area contributed by atoms with Crippen molar-refractivity contribution in [1.82, 2.24) is 21.3 Å². The molecule has 4 amide bonds. The Hall–Kier alpha value is -3.88. The number of rotatable bonds is 4. The summed E-state index contributed by atoms with van der Waals surface area (Å²) in [5.74, 6) is -2.14. The number of hydrogen-bond donors (Lipinski definition) is 4. The number of nitro groups is 2. The predicted molar refractivity (Wildman–Crippen MR) is 125 cm³/mol. The number of carbonyl (C=O) groups is 3. The minimum Gasteiger partial charge on any atom is -0.354 e. The van der Waals surface area contributed by atoms with Gasteiger partial charge in [0.25, 0.3) is 11.4 Å². The van der Waals surface area contributed by atoms with E-state index in [1.54, 1.807) is 0 Å². The van der Waals surface area contributed by atoms with E-state index < -0.39 is 56.6 Å². The van der Waals surface area contributed by atoms with Gasteiger partial charge in [0.1, 0.15) is 10.0 Å². The van der Waals surface area contributed by atoms with Gasteiger partial charge in [0.15, 0.2) is 10.5 Å². The number of imide groups is 2. The second-order valence-corrected chi connectivity index (χ2v) is 8.75. The average Bonchev–Trinajstić information content (AvgIpc) is 2.77. The van der Waals surface area contributed by atoms with Gasteiger partial charge in [0.2, 0.25) is 11.8 Å². The molecule has 0 bridgehead atoms. The van der Waals surface area contributed by atoms with E-state index in [0.29, 0.717) is 0 Å². The molecular weight excluding hydrogens is 527 g/mol. The van der Waals surface area contributed by atoms with Crippen molar-refractivity contribution in [2.75, 3.05) is 0 Å². The van der Waals surface area contributed by atoms with Crippen LogP contribution in [0.5, 0.6) is 0 Å². The molecule has 0 aliphatic carbocycles. The maximum absolute atomic E-state index is 13.4. The molecule has 4 N–H and O–H groups in total. The van der Waals surface area contributed by atoms with Crippen LogP contribution in [0.2, 0.25) is 10.0 Å². The summed E-state index contributed by atoms with van der Waals surface area (Å²) in [7, 11) is 0. The summed E-state index contributed by atoms with van der Waals surface area (Å²) in [6.07, 6.45) is 0. The van der Waals surface area contributed by atoms with E-state index in [1.807, 2.05) is 10.6 Å². The highest BCUT2D eigenvalue weighted by Gasteiger charge is 2.64. The number of carbonyl (C=O) groups excluding carboxylic acids is 3. The fourth-order valence-electron chi connectivity index (χ4n) is 4.16. The summed E-state index contributed by atoms with van der Waals surface area (Å²) in [4.78, 5) is 60.1. The number of halogens is 2. The number of barbiturate groups is 1. The van der Waals surface area contributed by atoms with Gasteiger partial charge >= 0.3 is 6.03 Å². The van der Waals surface area contributed by atoms with Crippen LogP contribution in [0.3, 0.4) is 0 Å². The summed E-state index contributed by atoms with van der Waals surface area (Å²) >= 11 is 17.1. The van der Waals surface area contributed by atoms with Crippen LogP contribution in [-0.2, 0) is 9.59 Å². The Morgan fingerprint density at radius 2 is 1.20 bits per heavy atom. The van der Waals surface area contributed by atoms with Gasteiger partial charge in [-0.05, 0) is 35.5 Å². The van der Waals surface area contributed by atoms with Gasteiger partial charge in [-0.3, -0.25) is 40.5 Å². The largest absolute Gasteiger partial charge is 0.354 e. The number of thiocarbonyl (C=S) groups is 1. The fraction of sp³-hybridized carbons (Fsp3) is 0.158. The van der Waals surface area contributed by atoms with Crippen molar-refractivity contribution in [1.29, 1.82) is 0 Å². The minimum atomic E-state index is -2.24. The first-order valence-corrected chi connectivity index (χ1v) is 10.7. The maximum atomic E-state index is 13.4. The first-order chi connectivity index (χ1) is 16.5. The molecule has 35 heavy (non-hydrogen) atoms. The lowest BCUT2D eigenvalue weighted by Gasteiger charge is -2.49. The van der Waals surface area contributed by atoms with Crippen LogP contribution in [0, 0.1) is 25.6 Å². The normalized spacial score (nSPS) is 21.0. The molecule has 2 fully saturated rings. The zero-order chi connectivity index (χ0) is 25.7. The third-order valence-electron chi connectivity index (χ3n) is 5.67. The molecule has 0 aromatic heterocycles. The highest BCUT2D eigenvalue weighted by atomic mass is 35.5. The molecule has 2 atom stereocenters. The first-order valence-electron chi connectivity index (χ1n) is 9.58. The van der Waals surface area contributed by atoms with Gasteiger partial charge in [-0.15, -0.1) is 0 Å². The van der Waals surface area contributed by atoms with Crippen LogP contribution < -0.4 is 21.3 Å². The maximum Gasteiger partial charge on any atom is 0.328 e. The van der Waals surface area contributed by atoms with E-state index in [0.717, 1.165) is 12.1 Å². The molecule has 2 aromatic carbocycles. The van der Waals surface area contributed by atoms with Crippen molar-refractivity contribution in [3.63, 3.8) is 0 Å². The van der Waals surface area contributed by atoms with E-state index in [9.17, 15) is 34.6 Å². The Morgan fingerprint density at radius 1 is 0.800 bits per heavy atom. The SMILES string of the molecule is O=C1NC(=O)C2(C(=O)N1)C(c1ccc(Cl)c([N+](=O)[O-])c1)NC(=S)NC2c1ccc(Cl)c([N+](=O)[O-])c1. The van der Waals surface area contributed by atoms with Gasteiger partial charge < -0.3 is 10.6 Å². The number of amides is 4. The Bertz CT molecular complexity index is 1260. The number of nitrogens with one attached hydrogen (secondary N) is 4. The zero-order valence-corrected chi connectivity index (χ0v) is 19.4. The highest BCUT2D eigenvalue weighted by Crippen LogP contribution is 2.49. The molecule has 1 spiro atoms. The summed E-state index contributed by atoms with van der Waals surface area (Å²) in [6, 6.07) is 3.44. The Kier molecular flexibility index (Phi) is 6.04. The number of nitro benzene ring substituents is 2. The summed E-state index contributed by atoms with van der Waals surface area (Å²) in [5.41, 5.74) is -3.11. The Balaban J connectivity index is 1.99. The van der Waals surface area contributed by atoms with E-state index in [1.165, 1.54) is 24.3 Å². The van der Waals surface area contributed by atoms with Crippen LogP contribution in [0.1, 0.15) is 23.2 Å². The monoisotopic (exact) mass is 538 g/mol. The van der Waals surface area contributed by atoms with Crippen molar-refractivity contribution in [3.05, 3.63) is 77.8 Å². The molecule has 2 aliphatic heterocycles. The molecular formula is C19H12Cl2N6O7S. The van der Waals surface area contributed by atoms with Crippen molar-refractivity contribution in [2.24, 2.45) is 5.41 Å².